The number of benzene rings is 2. The van der Waals surface area contributed by atoms with Crippen LogP contribution in [0.15, 0.2) is 81.6 Å². The van der Waals surface area contributed by atoms with Gasteiger partial charge >= 0.3 is 0 Å². The number of aromatic hydroxyl groups is 1. The molecule has 41 heavy (non-hydrogen) atoms. The van der Waals surface area contributed by atoms with Crippen molar-refractivity contribution in [1.82, 2.24) is 14.5 Å². The fourth-order valence-electron chi connectivity index (χ4n) is 4.99. The molecule has 0 saturated heterocycles. The predicted octanol–water partition coefficient (Wildman–Crippen LogP) is 3.77. The molecular formula is C30H27N5O5S. The SMILES string of the molecule is CCC(c1cccc(C#N)c1)n1c(CC2CC2)nc(O)c(S(=O)(=O)c2ccc(-c3ccncc3C(N)=O)cc2)c1=O. The molecular weight excluding hydrogens is 542 g/mol. The summed E-state index contributed by atoms with van der Waals surface area (Å²) in [5.41, 5.74) is 6.80. The number of nitriles is 1. The summed E-state index contributed by atoms with van der Waals surface area (Å²) in [4.78, 5) is 33.0. The van der Waals surface area contributed by atoms with Gasteiger partial charge < -0.3 is 10.8 Å². The summed E-state index contributed by atoms with van der Waals surface area (Å²) in [5.74, 6) is -0.936. The maximum atomic E-state index is 14.0. The van der Waals surface area contributed by atoms with Crippen molar-refractivity contribution in [2.45, 2.75) is 48.4 Å². The first-order valence-corrected chi connectivity index (χ1v) is 14.6. The normalized spacial score (nSPS) is 13.9. The Balaban J connectivity index is 1.64. The van der Waals surface area contributed by atoms with Gasteiger partial charge in [0, 0.05) is 18.8 Å². The van der Waals surface area contributed by atoms with Gasteiger partial charge in [-0.25, -0.2) is 8.42 Å². The average Bonchev–Trinajstić information content (AvgIpc) is 3.79. The predicted molar refractivity (Wildman–Crippen MR) is 150 cm³/mol. The van der Waals surface area contributed by atoms with E-state index < -0.39 is 38.1 Å². The minimum Gasteiger partial charge on any atom is -0.492 e. The molecule has 208 valence electrons. The Labute approximate surface area is 236 Å². The number of pyridine rings is 1. The summed E-state index contributed by atoms with van der Waals surface area (Å²) >= 11 is 0. The number of nitrogens with two attached hydrogens (primary N) is 1. The maximum Gasteiger partial charge on any atom is 0.277 e. The van der Waals surface area contributed by atoms with Crippen molar-refractivity contribution >= 4 is 15.7 Å². The highest BCUT2D eigenvalue weighted by Crippen LogP contribution is 2.35. The molecule has 1 aliphatic rings. The van der Waals surface area contributed by atoms with Gasteiger partial charge in [0.2, 0.25) is 15.7 Å². The highest BCUT2D eigenvalue weighted by Gasteiger charge is 2.33. The third kappa shape index (κ3) is 5.34. The van der Waals surface area contributed by atoms with Crippen molar-refractivity contribution in [3.05, 3.63) is 99.9 Å². The molecule has 10 nitrogen and oxygen atoms in total. The largest absolute Gasteiger partial charge is 0.492 e. The zero-order valence-electron chi connectivity index (χ0n) is 22.2. The molecule has 1 unspecified atom stereocenters. The molecule has 1 aliphatic carbocycles. The molecule has 5 rings (SSSR count). The van der Waals surface area contributed by atoms with E-state index in [2.05, 4.69) is 16.0 Å². The second kappa shape index (κ2) is 11.0. The zero-order valence-corrected chi connectivity index (χ0v) is 23.0. The minimum absolute atomic E-state index is 0.171. The minimum atomic E-state index is -4.52. The fourth-order valence-corrected chi connectivity index (χ4v) is 6.33. The number of hydrogen-bond donors (Lipinski definition) is 2. The zero-order chi connectivity index (χ0) is 29.3. The summed E-state index contributed by atoms with van der Waals surface area (Å²) in [6.45, 7) is 1.86. The Morgan fingerprint density at radius 1 is 1.20 bits per heavy atom. The van der Waals surface area contributed by atoms with Gasteiger partial charge in [0.1, 0.15) is 5.82 Å². The van der Waals surface area contributed by atoms with E-state index in [1.165, 1.54) is 41.2 Å². The lowest BCUT2D eigenvalue weighted by molar-refractivity contribution is 0.100. The van der Waals surface area contributed by atoms with Crippen molar-refractivity contribution in [2.75, 3.05) is 0 Å². The summed E-state index contributed by atoms with van der Waals surface area (Å²) < 4.78 is 29.0. The molecule has 3 N–H and O–H groups in total. The second-order valence-corrected chi connectivity index (χ2v) is 11.9. The van der Waals surface area contributed by atoms with Crippen molar-refractivity contribution in [1.29, 1.82) is 5.26 Å². The van der Waals surface area contributed by atoms with Crippen LogP contribution in [0.2, 0.25) is 0 Å². The van der Waals surface area contributed by atoms with E-state index in [4.69, 9.17) is 5.73 Å². The molecule has 4 aromatic rings. The number of carbonyl (C=O) groups excluding carboxylic acids is 1. The van der Waals surface area contributed by atoms with Crippen LogP contribution in [0.4, 0.5) is 0 Å². The van der Waals surface area contributed by atoms with Gasteiger partial charge in [-0.05, 0) is 72.2 Å². The molecule has 11 heteroatoms. The quantitative estimate of drug-likeness (QED) is 0.307. The van der Waals surface area contributed by atoms with Crippen LogP contribution >= 0.6 is 0 Å². The molecule has 1 saturated carbocycles. The third-order valence-electron chi connectivity index (χ3n) is 7.23. The molecule has 1 fully saturated rings. The van der Waals surface area contributed by atoms with E-state index in [1.54, 1.807) is 30.3 Å². The lowest BCUT2D eigenvalue weighted by Gasteiger charge is -2.23. The summed E-state index contributed by atoms with van der Waals surface area (Å²) in [7, 11) is -4.52. The first kappa shape index (κ1) is 27.7. The van der Waals surface area contributed by atoms with Gasteiger partial charge in [-0.1, -0.05) is 31.2 Å². The number of hydrogen-bond acceptors (Lipinski definition) is 8. The van der Waals surface area contributed by atoms with Gasteiger partial charge in [-0.3, -0.25) is 19.1 Å². The van der Waals surface area contributed by atoms with Crippen LogP contribution in [0.3, 0.4) is 0 Å². The maximum absolute atomic E-state index is 14.0. The lowest BCUT2D eigenvalue weighted by Crippen LogP contribution is -2.33. The number of primary amides is 1. The molecule has 1 amide bonds. The molecule has 0 aliphatic heterocycles. The third-order valence-corrected chi connectivity index (χ3v) is 9.01. The van der Waals surface area contributed by atoms with Crippen LogP contribution in [0.1, 0.15) is 59.5 Å². The Hall–Kier alpha value is -4.82. The van der Waals surface area contributed by atoms with Gasteiger partial charge in [0.15, 0.2) is 4.90 Å². The Bertz CT molecular complexity index is 1860. The monoisotopic (exact) mass is 569 g/mol. The average molecular weight is 570 g/mol. The molecule has 1 atom stereocenters. The van der Waals surface area contributed by atoms with Crippen molar-refractivity contribution in [3.8, 4) is 23.1 Å². The summed E-state index contributed by atoms with van der Waals surface area (Å²) in [5, 5.41) is 20.3. The van der Waals surface area contributed by atoms with Crippen molar-refractivity contribution < 1.29 is 18.3 Å². The highest BCUT2D eigenvalue weighted by molar-refractivity contribution is 7.91. The number of nitrogens with zero attached hydrogens (tertiary/aromatic N) is 4. The first-order valence-electron chi connectivity index (χ1n) is 13.1. The number of amides is 1. The van der Waals surface area contributed by atoms with Crippen LogP contribution in [0.5, 0.6) is 5.88 Å². The Morgan fingerprint density at radius 3 is 2.56 bits per heavy atom. The molecule has 2 heterocycles. The van der Waals surface area contributed by atoms with E-state index in [0.717, 1.165) is 12.8 Å². The van der Waals surface area contributed by atoms with E-state index in [-0.39, 0.29) is 10.5 Å². The first-order chi connectivity index (χ1) is 19.6. The van der Waals surface area contributed by atoms with Crippen molar-refractivity contribution in [3.63, 3.8) is 0 Å². The number of sulfone groups is 1. The topological polar surface area (TPSA) is 169 Å². The van der Waals surface area contributed by atoms with Gasteiger partial charge in [-0.2, -0.15) is 10.2 Å². The van der Waals surface area contributed by atoms with E-state index >= 15 is 0 Å². The van der Waals surface area contributed by atoms with Crippen LogP contribution in [0.25, 0.3) is 11.1 Å². The van der Waals surface area contributed by atoms with Crippen LogP contribution in [-0.4, -0.2) is 34.0 Å². The van der Waals surface area contributed by atoms with E-state index in [1.807, 2.05) is 6.92 Å². The summed E-state index contributed by atoms with van der Waals surface area (Å²) in [6, 6.07) is 15.5. The van der Waals surface area contributed by atoms with Crippen LogP contribution in [0, 0.1) is 17.2 Å². The number of carbonyl (C=O) groups is 1. The van der Waals surface area contributed by atoms with Gasteiger partial charge in [-0.15, -0.1) is 0 Å². The highest BCUT2D eigenvalue weighted by atomic mass is 32.2. The molecule has 2 aromatic carbocycles. The number of rotatable bonds is 9. The molecule has 0 radical (unpaired) electrons. The lowest BCUT2D eigenvalue weighted by atomic mass is 10.0. The van der Waals surface area contributed by atoms with Crippen molar-refractivity contribution in [2.24, 2.45) is 11.7 Å². The van der Waals surface area contributed by atoms with Crippen LogP contribution in [-0.2, 0) is 16.3 Å². The molecule has 0 bridgehead atoms. The molecule has 2 aromatic heterocycles. The fraction of sp³-hybridized carbons (Fsp3) is 0.233. The summed E-state index contributed by atoms with van der Waals surface area (Å²) in [6.07, 6.45) is 5.56. The number of aromatic nitrogens is 3. The smallest absolute Gasteiger partial charge is 0.277 e. The van der Waals surface area contributed by atoms with E-state index in [9.17, 15) is 28.4 Å². The molecule has 0 spiro atoms. The second-order valence-electron chi connectivity index (χ2n) is 9.98. The Morgan fingerprint density at radius 2 is 1.93 bits per heavy atom. The van der Waals surface area contributed by atoms with Gasteiger partial charge in [0.05, 0.1) is 28.1 Å². The van der Waals surface area contributed by atoms with E-state index in [0.29, 0.717) is 46.8 Å². The van der Waals surface area contributed by atoms with Gasteiger partial charge in [0.25, 0.3) is 11.5 Å². The van der Waals surface area contributed by atoms with Crippen LogP contribution < -0.4 is 11.3 Å². The standard InChI is InChI=1S/C30H27N5O5S/c1-2-25(21-5-3-4-19(14-21)16-31)35-26(15-18-6-7-18)34-29(37)27(30(35)38)41(39,40)22-10-8-20(9-11-22)23-12-13-33-17-24(23)28(32)36/h3-5,8-14,17-18,25,37H,2,6-7,15H2,1H3,(H2,32,36). The Kier molecular flexibility index (Phi) is 7.43.